The van der Waals surface area contributed by atoms with E-state index in [1.807, 2.05) is 57.2 Å². The van der Waals surface area contributed by atoms with Crippen molar-refractivity contribution < 1.29 is 13.9 Å². The summed E-state index contributed by atoms with van der Waals surface area (Å²) in [6, 6.07) is 24.1. The molecule has 35 heavy (non-hydrogen) atoms. The van der Waals surface area contributed by atoms with Crippen LogP contribution in [0.1, 0.15) is 25.1 Å². The maximum absolute atomic E-state index is 12.7. The Kier molecular flexibility index (Phi) is 6.06. The van der Waals surface area contributed by atoms with Crippen molar-refractivity contribution in [1.82, 2.24) is 4.98 Å². The molecule has 0 aliphatic carbocycles. The van der Waals surface area contributed by atoms with Crippen molar-refractivity contribution in [3.05, 3.63) is 96.4 Å². The smallest absolute Gasteiger partial charge is 0.249 e. The van der Waals surface area contributed by atoms with Gasteiger partial charge in [-0.1, -0.05) is 42.5 Å². The molecule has 1 N–H and O–H groups in total. The number of benzene rings is 3. The number of fused-ring (bicyclic) bond motifs is 2. The predicted octanol–water partition coefficient (Wildman–Crippen LogP) is 7.40. The second kappa shape index (κ2) is 9.47. The Bertz CT molecular complexity index is 1580. The minimum atomic E-state index is -0.245. The molecular weight excluding hydrogens is 436 g/mol. The highest BCUT2D eigenvalue weighted by atomic mass is 16.5. The first-order valence-electron chi connectivity index (χ1n) is 11.6. The van der Waals surface area contributed by atoms with E-state index >= 15 is 0 Å². The Morgan fingerprint density at radius 1 is 1.03 bits per heavy atom. The predicted molar refractivity (Wildman–Crippen MR) is 142 cm³/mol. The summed E-state index contributed by atoms with van der Waals surface area (Å²) in [7, 11) is 0. The van der Waals surface area contributed by atoms with Gasteiger partial charge in [0.05, 0.1) is 12.9 Å². The van der Waals surface area contributed by atoms with Gasteiger partial charge in [0.15, 0.2) is 0 Å². The molecule has 0 unspecified atom stereocenters. The SMILES string of the molecule is CCOc1cc2occ(-c3ccc4ccccc4c3)c2cc1/C(C)=C/C(=O)Nc1cccc(C)n1. The van der Waals surface area contributed by atoms with Crippen LogP contribution in [0.2, 0.25) is 0 Å². The van der Waals surface area contributed by atoms with E-state index in [0.717, 1.165) is 38.9 Å². The van der Waals surface area contributed by atoms with Crippen LogP contribution in [0, 0.1) is 6.92 Å². The van der Waals surface area contributed by atoms with E-state index in [4.69, 9.17) is 9.15 Å². The molecule has 5 nitrogen and oxygen atoms in total. The number of hydrogen-bond donors (Lipinski definition) is 1. The number of aryl methyl sites for hydroxylation is 1. The molecule has 0 atom stereocenters. The summed E-state index contributed by atoms with van der Waals surface area (Å²) in [5, 5.41) is 6.16. The number of pyridine rings is 1. The molecule has 0 fully saturated rings. The van der Waals surface area contributed by atoms with Gasteiger partial charge in [0.2, 0.25) is 5.91 Å². The third-order valence-electron chi connectivity index (χ3n) is 5.95. The van der Waals surface area contributed by atoms with Gasteiger partial charge in [-0.3, -0.25) is 4.79 Å². The molecule has 2 heterocycles. The highest BCUT2D eigenvalue weighted by Gasteiger charge is 2.16. The van der Waals surface area contributed by atoms with Crippen molar-refractivity contribution >= 4 is 39.0 Å². The standard InChI is InChI=1S/C30H26N2O3/c1-4-34-27-17-28-25(26(18-35-28)23-13-12-21-9-5-6-10-22(21)15-23)16-24(27)19(2)14-30(33)32-29-11-7-8-20(3)31-29/h5-18H,4H2,1-3H3,(H,31,32,33)/b19-14+. The number of carbonyl (C=O) groups excluding carboxylic acids is 1. The first-order chi connectivity index (χ1) is 17.0. The molecule has 5 rings (SSSR count). The highest BCUT2D eigenvalue weighted by molar-refractivity contribution is 6.05. The van der Waals surface area contributed by atoms with Crippen molar-refractivity contribution in [3.63, 3.8) is 0 Å². The quantitative estimate of drug-likeness (QED) is 0.267. The Morgan fingerprint density at radius 3 is 2.66 bits per heavy atom. The average molecular weight is 463 g/mol. The lowest BCUT2D eigenvalue weighted by Crippen LogP contribution is -2.10. The minimum Gasteiger partial charge on any atom is -0.493 e. The second-order valence-electron chi connectivity index (χ2n) is 8.47. The maximum atomic E-state index is 12.7. The molecule has 3 aromatic carbocycles. The van der Waals surface area contributed by atoms with E-state index in [0.29, 0.717) is 18.2 Å². The zero-order chi connectivity index (χ0) is 24.4. The van der Waals surface area contributed by atoms with Gasteiger partial charge in [0, 0.05) is 34.3 Å². The van der Waals surface area contributed by atoms with Crippen LogP contribution >= 0.6 is 0 Å². The number of furan rings is 1. The molecule has 0 saturated heterocycles. The van der Waals surface area contributed by atoms with Crippen LogP contribution < -0.4 is 10.1 Å². The Hall–Kier alpha value is -4.38. The summed E-state index contributed by atoms with van der Waals surface area (Å²) < 4.78 is 11.8. The van der Waals surface area contributed by atoms with Gasteiger partial charge in [0.25, 0.3) is 0 Å². The fourth-order valence-corrected chi connectivity index (χ4v) is 4.27. The fraction of sp³-hybridized carbons (Fsp3) is 0.133. The summed E-state index contributed by atoms with van der Waals surface area (Å²) in [4.78, 5) is 17.1. The van der Waals surface area contributed by atoms with Gasteiger partial charge in [-0.15, -0.1) is 0 Å². The molecule has 0 aliphatic rings. The monoisotopic (exact) mass is 462 g/mol. The second-order valence-corrected chi connectivity index (χ2v) is 8.47. The molecule has 0 radical (unpaired) electrons. The van der Waals surface area contributed by atoms with Crippen molar-refractivity contribution in [1.29, 1.82) is 0 Å². The third-order valence-corrected chi connectivity index (χ3v) is 5.95. The topological polar surface area (TPSA) is 64.4 Å². The summed E-state index contributed by atoms with van der Waals surface area (Å²) in [5.74, 6) is 0.952. The lowest BCUT2D eigenvalue weighted by atomic mass is 9.97. The van der Waals surface area contributed by atoms with E-state index in [-0.39, 0.29) is 5.91 Å². The maximum Gasteiger partial charge on any atom is 0.249 e. The number of nitrogens with zero attached hydrogens (tertiary/aromatic N) is 1. The van der Waals surface area contributed by atoms with Crippen molar-refractivity contribution in [2.24, 2.45) is 0 Å². The van der Waals surface area contributed by atoms with Crippen molar-refractivity contribution in [2.45, 2.75) is 20.8 Å². The summed E-state index contributed by atoms with van der Waals surface area (Å²) in [6.07, 6.45) is 3.35. The van der Waals surface area contributed by atoms with Gasteiger partial charge in [-0.2, -0.15) is 0 Å². The van der Waals surface area contributed by atoms with E-state index in [2.05, 4.69) is 40.6 Å². The molecule has 2 aromatic heterocycles. The van der Waals surface area contributed by atoms with E-state index < -0.39 is 0 Å². The third kappa shape index (κ3) is 4.66. The summed E-state index contributed by atoms with van der Waals surface area (Å²) in [6.45, 7) is 6.23. The van der Waals surface area contributed by atoms with Crippen molar-refractivity contribution in [3.8, 4) is 16.9 Å². The van der Waals surface area contributed by atoms with Crippen molar-refractivity contribution in [2.75, 3.05) is 11.9 Å². The average Bonchev–Trinajstić information content (AvgIpc) is 3.26. The van der Waals surface area contributed by atoms with Crippen LogP contribution in [0.5, 0.6) is 5.75 Å². The molecule has 0 aliphatic heterocycles. The molecule has 0 spiro atoms. The van der Waals surface area contributed by atoms with E-state index in [1.165, 1.54) is 10.8 Å². The molecule has 5 aromatic rings. The number of ether oxygens (including phenoxy) is 1. The van der Waals surface area contributed by atoms with Gasteiger partial charge < -0.3 is 14.5 Å². The van der Waals surface area contributed by atoms with Crippen LogP contribution in [0.3, 0.4) is 0 Å². The van der Waals surface area contributed by atoms with Gasteiger partial charge in [-0.25, -0.2) is 4.98 Å². The lowest BCUT2D eigenvalue weighted by molar-refractivity contribution is -0.111. The molecule has 174 valence electrons. The normalized spacial score (nSPS) is 11.7. The molecule has 1 amide bonds. The van der Waals surface area contributed by atoms with E-state index in [1.54, 1.807) is 18.4 Å². The van der Waals surface area contributed by atoms with Gasteiger partial charge in [0.1, 0.15) is 17.2 Å². The molecule has 5 heteroatoms. The Labute approximate surface area is 204 Å². The van der Waals surface area contributed by atoms with Crippen LogP contribution in [-0.4, -0.2) is 17.5 Å². The number of amides is 1. The van der Waals surface area contributed by atoms with Crippen LogP contribution in [0.25, 0.3) is 38.4 Å². The summed E-state index contributed by atoms with van der Waals surface area (Å²) in [5.41, 5.74) is 5.27. The number of nitrogens with one attached hydrogen (secondary N) is 1. The van der Waals surface area contributed by atoms with E-state index in [9.17, 15) is 4.79 Å². The number of allylic oxidation sites excluding steroid dienone is 1. The Balaban J connectivity index is 1.55. The molecular formula is C30H26N2O3. The largest absolute Gasteiger partial charge is 0.493 e. The number of aromatic nitrogens is 1. The van der Waals surface area contributed by atoms with Gasteiger partial charge in [-0.05, 0) is 66.9 Å². The first kappa shape index (κ1) is 22.4. The van der Waals surface area contributed by atoms with Crippen LogP contribution in [0.15, 0.2) is 89.6 Å². The zero-order valence-corrected chi connectivity index (χ0v) is 20.0. The zero-order valence-electron chi connectivity index (χ0n) is 20.0. The minimum absolute atomic E-state index is 0.245. The summed E-state index contributed by atoms with van der Waals surface area (Å²) >= 11 is 0. The van der Waals surface area contributed by atoms with Gasteiger partial charge >= 0.3 is 0 Å². The molecule has 0 bridgehead atoms. The first-order valence-corrected chi connectivity index (χ1v) is 11.6. The lowest BCUT2D eigenvalue weighted by Gasteiger charge is -2.12. The number of hydrogen-bond acceptors (Lipinski definition) is 4. The highest BCUT2D eigenvalue weighted by Crippen LogP contribution is 2.38. The van der Waals surface area contributed by atoms with Crippen LogP contribution in [0.4, 0.5) is 5.82 Å². The van der Waals surface area contributed by atoms with Crippen LogP contribution in [-0.2, 0) is 4.79 Å². The fourth-order valence-electron chi connectivity index (χ4n) is 4.27. The Morgan fingerprint density at radius 2 is 1.86 bits per heavy atom. The number of anilines is 1. The number of rotatable bonds is 6. The molecule has 0 saturated carbocycles. The number of carbonyl (C=O) groups is 1.